The predicted molar refractivity (Wildman–Crippen MR) is 71.2 cm³/mol. The molecule has 0 fully saturated rings. The quantitative estimate of drug-likeness (QED) is 0.735. The molecule has 2 nitrogen and oxygen atoms in total. The van der Waals surface area contributed by atoms with E-state index in [9.17, 15) is 0 Å². The highest BCUT2D eigenvalue weighted by Gasteiger charge is 1.99. The van der Waals surface area contributed by atoms with Crippen LogP contribution in [0.1, 0.15) is 19.4 Å². The van der Waals surface area contributed by atoms with Crippen LogP contribution in [0.25, 0.3) is 10.2 Å². The molecule has 1 aromatic heterocycles. The molecule has 0 aliphatic heterocycles. The van der Waals surface area contributed by atoms with Crippen molar-refractivity contribution in [3.8, 4) is 0 Å². The van der Waals surface area contributed by atoms with Crippen molar-refractivity contribution >= 4 is 27.8 Å². The summed E-state index contributed by atoms with van der Waals surface area (Å²) in [5.74, 6) is 0. The summed E-state index contributed by atoms with van der Waals surface area (Å²) in [5, 5.41) is 0. The van der Waals surface area contributed by atoms with E-state index < -0.39 is 0 Å². The number of aliphatic imine (C=N–C) groups is 1. The van der Waals surface area contributed by atoms with Crippen molar-refractivity contribution in [2.24, 2.45) is 4.99 Å². The van der Waals surface area contributed by atoms with Crippen LogP contribution in [0.5, 0.6) is 0 Å². The lowest BCUT2D eigenvalue weighted by atomic mass is 10.1. The van der Waals surface area contributed by atoms with Crippen LogP contribution < -0.4 is 0 Å². The lowest BCUT2D eigenvalue weighted by Gasteiger charge is -2.00. The molecule has 1 aromatic carbocycles. The summed E-state index contributed by atoms with van der Waals surface area (Å²) in [4.78, 5) is 8.44. The second-order valence-corrected chi connectivity index (χ2v) is 4.60. The normalized spacial score (nSPS) is 12.8. The minimum atomic E-state index is 0.935. The van der Waals surface area contributed by atoms with E-state index >= 15 is 0 Å². The minimum Gasteiger partial charge on any atom is -0.269 e. The summed E-state index contributed by atoms with van der Waals surface area (Å²) < 4.78 is 1.25. The highest BCUT2D eigenvalue weighted by atomic mass is 32.1. The topological polar surface area (TPSA) is 25.2 Å². The molecule has 0 amide bonds. The second kappa shape index (κ2) is 5.03. The van der Waals surface area contributed by atoms with Gasteiger partial charge in [0.15, 0.2) is 0 Å². The third-order valence-corrected chi connectivity index (χ3v) is 3.13. The molecule has 0 bridgehead atoms. The smallest absolute Gasteiger partial charge is 0.0814 e. The molecule has 0 aliphatic carbocycles. The molecule has 0 radical (unpaired) electrons. The van der Waals surface area contributed by atoms with Crippen LogP contribution in [-0.2, 0) is 6.42 Å². The first-order chi connectivity index (χ1) is 7.79. The van der Waals surface area contributed by atoms with E-state index in [1.54, 1.807) is 17.6 Å². The number of benzene rings is 1. The Morgan fingerprint density at radius 2 is 2.38 bits per heavy atom. The molecule has 0 aliphatic rings. The van der Waals surface area contributed by atoms with Crippen molar-refractivity contribution in [2.45, 2.75) is 20.3 Å². The number of aromatic nitrogens is 1. The Kier molecular flexibility index (Phi) is 3.47. The molecule has 82 valence electrons. The summed E-state index contributed by atoms with van der Waals surface area (Å²) in [7, 11) is 0. The van der Waals surface area contributed by atoms with Crippen LogP contribution in [0.2, 0.25) is 0 Å². The molecule has 0 spiro atoms. The number of fused-ring (bicyclic) bond motifs is 1. The maximum atomic E-state index is 4.32. The van der Waals surface area contributed by atoms with Crippen LogP contribution in [0.15, 0.2) is 40.5 Å². The first-order valence-electron chi connectivity index (χ1n) is 5.25. The van der Waals surface area contributed by atoms with Crippen molar-refractivity contribution in [1.29, 1.82) is 0 Å². The van der Waals surface area contributed by atoms with Gasteiger partial charge in [0.05, 0.1) is 15.7 Å². The summed E-state index contributed by atoms with van der Waals surface area (Å²) in [5.41, 5.74) is 5.53. The molecule has 0 unspecified atom stereocenters. The molecule has 1 heterocycles. The van der Waals surface area contributed by atoms with Crippen molar-refractivity contribution in [3.63, 3.8) is 0 Å². The van der Waals surface area contributed by atoms with Crippen LogP contribution in [0, 0.1) is 0 Å². The molecule has 2 aromatic rings. The van der Waals surface area contributed by atoms with Crippen molar-refractivity contribution in [2.75, 3.05) is 0 Å². The first-order valence-corrected chi connectivity index (χ1v) is 6.13. The molecule has 0 atom stereocenters. The Bertz CT molecular complexity index is 538. The van der Waals surface area contributed by atoms with Crippen LogP contribution in [0.4, 0.5) is 0 Å². The van der Waals surface area contributed by atoms with Crippen LogP contribution >= 0.6 is 11.3 Å². The van der Waals surface area contributed by atoms with E-state index in [1.165, 1.54) is 15.8 Å². The van der Waals surface area contributed by atoms with Gasteiger partial charge in [-0.2, -0.15) is 0 Å². The van der Waals surface area contributed by atoms with Crippen molar-refractivity contribution in [1.82, 2.24) is 4.98 Å². The molecule has 0 saturated carbocycles. The Morgan fingerprint density at radius 1 is 1.50 bits per heavy atom. The lowest BCUT2D eigenvalue weighted by molar-refractivity contribution is 1.13. The maximum absolute atomic E-state index is 4.32. The minimum absolute atomic E-state index is 0.935. The fourth-order valence-electron chi connectivity index (χ4n) is 1.58. The Balaban J connectivity index is 2.20. The van der Waals surface area contributed by atoms with Gasteiger partial charge in [-0.25, -0.2) is 4.98 Å². The summed E-state index contributed by atoms with van der Waals surface area (Å²) in [6.45, 7) is 4.02. The van der Waals surface area contributed by atoms with Gasteiger partial charge in [0, 0.05) is 12.4 Å². The molecule has 0 N–H and O–H groups in total. The summed E-state index contributed by atoms with van der Waals surface area (Å²) in [6.07, 6.45) is 4.64. The zero-order valence-electron chi connectivity index (χ0n) is 9.47. The van der Waals surface area contributed by atoms with E-state index in [1.807, 2.05) is 18.6 Å². The number of allylic oxidation sites excluding steroid dienone is 1. The second-order valence-electron chi connectivity index (χ2n) is 3.71. The van der Waals surface area contributed by atoms with Gasteiger partial charge in [0.25, 0.3) is 0 Å². The number of nitrogens with zero attached hydrogens (tertiary/aromatic N) is 2. The van der Waals surface area contributed by atoms with E-state index in [0.717, 1.165) is 11.9 Å². The fourth-order valence-corrected chi connectivity index (χ4v) is 2.24. The van der Waals surface area contributed by atoms with Gasteiger partial charge in [-0.1, -0.05) is 11.6 Å². The Morgan fingerprint density at radius 3 is 3.19 bits per heavy atom. The monoisotopic (exact) mass is 230 g/mol. The summed E-state index contributed by atoms with van der Waals surface area (Å²) >= 11 is 1.68. The van der Waals surface area contributed by atoms with E-state index in [-0.39, 0.29) is 0 Å². The number of hydrogen-bond acceptors (Lipinski definition) is 3. The number of thiazole rings is 1. The zero-order chi connectivity index (χ0) is 11.4. The highest BCUT2D eigenvalue weighted by molar-refractivity contribution is 7.16. The third-order valence-electron chi connectivity index (χ3n) is 2.32. The van der Waals surface area contributed by atoms with Gasteiger partial charge in [-0.3, -0.25) is 4.99 Å². The highest BCUT2D eigenvalue weighted by Crippen LogP contribution is 2.20. The van der Waals surface area contributed by atoms with E-state index in [0.29, 0.717) is 0 Å². The number of rotatable bonds is 3. The predicted octanol–water partition coefficient (Wildman–Crippen LogP) is 3.83. The Labute approximate surface area is 99.4 Å². The Hall–Kier alpha value is -1.48. The molecular formula is C13H14N2S. The molecule has 2 rings (SSSR count). The van der Waals surface area contributed by atoms with Crippen LogP contribution in [-0.4, -0.2) is 11.2 Å². The fraction of sp³-hybridized carbons (Fsp3) is 0.231. The van der Waals surface area contributed by atoms with E-state index in [2.05, 4.69) is 35.1 Å². The van der Waals surface area contributed by atoms with Crippen molar-refractivity contribution < 1.29 is 0 Å². The molecule has 3 heteroatoms. The maximum Gasteiger partial charge on any atom is 0.0814 e. The average molecular weight is 230 g/mol. The SMILES string of the molecule is CC=NC=C(C)Cc1ccc2scnc2c1. The first kappa shape index (κ1) is 11.0. The molecular weight excluding hydrogens is 216 g/mol. The van der Waals surface area contributed by atoms with Crippen molar-refractivity contribution in [3.05, 3.63) is 41.0 Å². The third kappa shape index (κ3) is 2.55. The van der Waals surface area contributed by atoms with E-state index in [4.69, 9.17) is 0 Å². The van der Waals surface area contributed by atoms with Gasteiger partial charge < -0.3 is 0 Å². The number of hydrogen-bond donors (Lipinski definition) is 0. The molecule has 16 heavy (non-hydrogen) atoms. The van der Waals surface area contributed by atoms with Gasteiger partial charge >= 0.3 is 0 Å². The van der Waals surface area contributed by atoms with Crippen LogP contribution in [0.3, 0.4) is 0 Å². The van der Waals surface area contributed by atoms with Gasteiger partial charge in [-0.05, 0) is 38.0 Å². The standard InChI is InChI=1S/C13H14N2S/c1-3-14-8-10(2)6-11-4-5-13-12(7-11)15-9-16-13/h3-5,7-9H,6H2,1-2H3. The summed E-state index contributed by atoms with van der Waals surface area (Å²) in [6, 6.07) is 6.45. The largest absolute Gasteiger partial charge is 0.269 e. The average Bonchev–Trinajstić information content (AvgIpc) is 2.73. The van der Waals surface area contributed by atoms with Gasteiger partial charge in [-0.15, -0.1) is 11.3 Å². The molecule has 0 saturated heterocycles. The van der Waals surface area contributed by atoms with Gasteiger partial charge in [0.2, 0.25) is 0 Å². The zero-order valence-corrected chi connectivity index (χ0v) is 10.3. The van der Waals surface area contributed by atoms with Gasteiger partial charge in [0.1, 0.15) is 0 Å². The lowest BCUT2D eigenvalue weighted by Crippen LogP contribution is -1.86.